The van der Waals surface area contributed by atoms with Crippen LogP contribution < -0.4 is 18.9 Å². The molecule has 2 nitrogen and oxygen atoms in total. The first-order valence-electron chi connectivity index (χ1n) is 4.51. The van der Waals surface area contributed by atoms with E-state index in [-0.39, 0.29) is 18.9 Å². The Morgan fingerprint density at radius 1 is 1.15 bits per heavy atom. The third-order valence-corrected chi connectivity index (χ3v) is 1.28. The SMILES string of the molecule is [CH2-]C/C=C/CCOCOCCC.[Li+]. The molecule has 0 aliphatic carbocycles. The Balaban J connectivity index is 0. The zero-order valence-electron chi connectivity index (χ0n) is 8.92. The van der Waals surface area contributed by atoms with Crippen LogP contribution in [0, 0.1) is 6.92 Å². The summed E-state index contributed by atoms with van der Waals surface area (Å²) in [6.07, 6.45) is 6.96. The van der Waals surface area contributed by atoms with Gasteiger partial charge in [0.25, 0.3) is 0 Å². The summed E-state index contributed by atoms with van der Waals surface area (Å²) < 4.78 is 10.3. The van der Waals surface area contributed by atoms with Crippen LogP contribution in [0.3, 0.4) is 0 Å². The largest absolute Gasteiger partial charge is 1.00 e. The van der Waals surface area contributed by atoms with Crippen molar-refractivity contribution in [2.75, 3.05) is 20.0 Å². The van der Waals surface area contributed by atoms with Crippen LogP contribution >= 0.6 is 0 Å². The molecule has 0 bridgehead atoms. The molecule has 0 N–H and O–H groups in total. The van der Waals surface area contributed by atoms with Gasteiger partial charge in [-0.2, -0.15) is 6.42 Å². The number of ether oxygens (including phenoxy) is 2. The molecule has 3 heteroatoms. The molecule has 0 aliphatic rings. The van der Waals surface area contributed by atoms with Crippen molar-refractivity contribution in [1.29, 1.82) is 0 Å². The van der Waals surface area contributed by atoms with Crippen LogP contribution in [-0.2, 0) is 9.47 Å². The van der Waals surface area contributed by atoms with Crippen LogP contribution in [0.5, 0.6) is 0 Å². The Kier molecular flexibility index (Phi) is 17.8. The maximum Gasteiger partial charge on any atom is 1.00 e. The number of rotatable bonds is 8. The van der Waals surface area contributed by atoms with Crippen molar-refractivity contribution in [3.63, 3.8) is 0 Å². The Hall–Kier alpha value is 0.257. The van der Waals surface area contributed by atoms with Gasteiger partial charge in [0.2, 0.25) is 0 Å². The molecule has 13 heavy (non-hydrogen) atoms. The molecule has 0 aromatic carbocycles. The topological polar surface area (TPSA) is 18.5 Å². The third kappa shape index (κ3) is 15.0. The Morgan fingerprint density at radius 3 is 2.46 bits per heavy atom. The van der Waals surface area contributed by atoms with E-state index in [0.29, 0.717) is 6.79 Å². The minimum Gasteiger partial charge on any atom is -0.355 e. The van der Waals surface area contributed by atoms with Gasteiger partial charge in [-0.25, -0.2) is 0 Å². The monoisotopic (exact) mass is 178 g/mol. The summed E-state index contributed by atoms with van der Waals surface area (Å²) in [5.41, 5.74) is 0. The summed E-state index contributed by atoms with van der Waals surface area (Å²) >= 11 is 0. The molecular formula is C10H19LiO2. The van der Waals surface area contributed by atoms with Gasteiger partial charge in [-0.1, -0.05) is 13.0 Å². The minimum absolute atomic E-state index is 0. The van der Waals surface area contributed by atoms with Crippen molar-refractivity contribution in [2.24, 2.45) is 0 Å². The normalized spacial score (nSPS) is 10.3. The zero-order valence-corrected chi connectivity index (χ0v) is 8.92. The molecule has 0 radical (unpaired) electrons. The standard InChI is InChI=1S/C10H19O2.Li/c1-3-5-6-7-9-12-10-11-8-4-2;/h5-6H,1,3-4,7-10H2,2H3;/q-1;+1/b6-5+;. The molecule has 0 atom stereocenters. The summed E-state index contributed by atoms with van der Waals surface area (Å²) in [6, 6.07) is 0. The van der Waals surface area contributed by atoms with E-state index in [1.54, 1.807) is 0 Å². The van der Waals surface area contributed by atoms with Crippen molar-refractivity contribution < 1.29 is 28.3 Å². The van der Waals surface area contributed by atoms with Gasteiger partial charge in [-0.15, -0.1) is 6.08 Å². The molecular weight excluding hydrogens is 159 g/mol. The van der Waals surface area contributed by atoms with Gasteiger partial charge < -0.3 is 16.4 Å². The van der Waals surface area contributed by atoms with Crippen LogP contribution in [0.2, 0.25) is 0 Å². The van der Waals surface area contributed by atoms with Crippen LogP contribution in [0.4, 0.5) is 0 Å². The molecule has 0 spiro atoms. The van der Waals surface area contributed by atoms with Gasteiger partial charge in [0.15, 0.2) is 0 Å². The summed E-state index contributed by atoms with van der Waals surface area (Å²) in [7, 11) is 0. The average Bonchev–Trinajstić information content (AvgIpc) is 2.10. The summed E-state index contributed by atoms with van der Waals surface area (Å²) in [4.78, 5) is 0. The number of hydrogen-bond acceptors (Lipinski definition) is 2. The first kappa shape index (κ1) is 15.7. The maximum absolute atomic E-state index is 5.19. The van der Waals surface area contributed by atoms with E-state index in [1.165, 1.54) is 0 Å². The molecule has 0 aromatic rings. The molecule has 0 heterocycles. The van der Waals surface area contributed by atoms with Crippen molar-refractivity contribution in [3.05, 3.63) is 19.1 Å². The van der Waals surface area contributed by atoms with E-state index < -0.39 is 0 Å². The Morgan fingerprint density at radius 2 is 1.85 bits per heavy atom. The fraction of sp³-hybridized carbons (Fsp3) is 0.700. The fourth-order valence-electron chi connectivity index (χ4n) is 0.708. The van der Waals surface area contributed by atoms with Gasteiger partial charge in [0, 0.05) is 6.61 Å². The van der Waals surface area contributed by atoms with Crippen molar-refractivity contribution in [3.8, 4) is 0 Å². The summed E-state index contributed by atoms with van der Waals surface area (Å²) in [5.74, 6) is 0. The predicted octanol–water partition coefficient (Wildman–Crippen LogP) is -0.438. The second kappa shape index (κ2) is 14.8. The van der Waals surface area contributed by atoms with Gasteiger partial charge in [-0.3, -0.25) is 0 Å². The maximum atomic E-state index is 5.19. The van der Waals surface area contributed by atoms with E-state index >= 15 is 0 Å². The van der Waals surface area contributed by atoms with Gasteiger partial charge in [0.1, 0.15) is 6.79 Å². The molecule has 0 aromatic heterocycles. The molecule has 0 saturated carbocycles. The predicted molar refractivity (Wildman–Crippen MR) is 50.8 cm³/mol. The molecule has 0 aliphatic heterocycles. The smallest absolute Gasteiger partial charge is 0.355 e. The van der Waals surface area contributed by atoms with E-state index in [2.05, 4.69) is 19.9 Å². The summed E-state index contributed by atoms with van der Waals surface area (Å²) in [6.45, 7) is 7.72. The first-order chi connectivity index (χ1) is 5.91. The van der Waals surface area contributed by atoms with Gasteiger partial charge in [0.05, 0.1) is 6.61 Å². The zero-order chi connectivity index (χ0) is 9.07. The van der Waals surface area contributed by atoms with Crippen molar-refractivity contribution >= 4 is 0 Å². The summed E-state index contributed by atoms with van der Waals surface area (Å²) in [5, 5.41) is 0. The molecule has 72 valence electrons. The minimum atomic E-state index is 0. The van der Waals surface area contributed by atoms with Crippen LogP contribution in [-0.4, -0.2) is 20.0 Å². The molecule has 0 fully saturated rings. The van der Waals surface area contributed by atoms with E-state index in [1.807, 2.05) is 6.08 Å². The van der Waals surface area contributed by atoms with Gasteiger partial charge >= 0.3 is 18.9 Å². The Labute approximate surface area is 93.9 Å². The molecule has 0 unspecified atom stereocenters. The second-order valence-corrected chi connectivity index (χ2v) is 2.48. The van der Waals surface area contributed by atoms with E-state index in [4.69, 9.17) is 9.47 Å². The molecule has 0 amide bonds. The Bertz CT molecular complexity index is 105. The first-order valence-corrected chi connectivity index (χ1v) is 4.51. The second-order valence-electron chi connectivity index (χ2n) is 2.48. The van der Waals surface area contributed by atoms with Crippen LogP contribution in [0.15, 0.2) is 12.2 Å². The van der Waals surface area contributed by atoms with Crippen LogP contribution in [0.25, 0.3) is 0 Å². The number of allylic oxidation sites excluding steroid dienone is 1. The average molecular weight is 178 g/mol. The fourth-order valence-corrected chi connectivity index (χ4v) is 0.708. The van der Waals surface area contributed by atoms with Crippen LogP contribution in [0.1, 0.15) is 26.2 Å². The van der Waals surface area contributed by atoms with E-state index in [9.17, 15) is 0 Å². The molecule has 0 saturated heterocycles. The van der Waals surface area contributed by atoms with Crippen molar-refractivity contribution in [1.82, 2.24) is 0 Å². The van der Waals surface area contributed by atoms with E-state index in [0.717, 1.165) is 32.5 Å². The molecule has 0 rings (SSSR count). The van der Waals surface area contributed by atoms with Crippen molar-refractivity contribution in [2.45, 2.75) is 26.2 Å². The quantitative estimate of drug-likeness (QED) is 0.165. The number of hydrogen-bond donors (Lipinski definition) is 0. The third-order valence-electron chi connectivity index (χ3n) is 1.28. The van der Waals surface area contributed by atoms with Gasteiger partial charge in [-0.05, 0) is 12.8 Å².